The molecule has 0 saturated carbocycles. The van der Waals surface area contributed by atoms with E-state index in [0.717, 1.165) is 0 Å². The fourth-order valence-corrected chi connectivity index (χ4v) is 6.59. The molecule has 0 bridgehead atoms. The molecule has 198 valence electrons. The first kappa shape index (κ1) is 25.2. The highest BCUT2D eigenvalue weighted by atomic mass is 35.5. The number of phenols is 2. The fourth-order valence-electron chi connectivity index (χ4n) is 5.79. The first-order valence-electron chi connectivity index (χ1n) is 11.9. The number of carbonyl (C=O) groups excluding carboxylic acids is 4. The van der Waals surface area contributed by atoms with E-state index in [1.165, 1.54) is 30.3 Å². The largest absolute Gasteiger partial charge is 0.506 e. The van der Waals surface area contributed by atoms with Crippen molar-refractivity contribution in [3.63, 3.8) is 0 Å². The van der Waals surface area contributed by atoms with E-state index >= 15 is 0 Å². The van der Waals surface area contributed by atoms with Crippen molar-refractivity contribution in [3.8, 4) is 11.5 Å². The standard InChI is InChI=1S/C28H19Cl2NO8/c1-27(2)21-14(5-7-17(32)23(21)29)28(15-6-8-18(33)24(30)22(15)27)16-11-12(3-4-13(16)26(37)38-28)25(36)39-31-19(34)9-10-20(31)35/h3-8,11,32-33H,9-10H2,1-2H3. The summed E-state index contributed by atoms with van der Waals surface area (Å²) < 4.78 is 6.11. The number of nitrogens with zero attached hydrogens (tertiary/aromatic N) is 1. The summed E-state index contributed by atoms with van der Waals surface area (Å²) in [7, 11) is 0. The lowest BCUT2D eigenvalue weighted by Gasteiger charge is -2.45. The van der Waals surface area contributed by atoms with Crippen molar-refractivity contribution in [1.29, 1.82) is 0 Å². The van der Waals surface area contributed by atoms with Crippen molar-refractivity contribution < 1.29 is 39.0 Å². The third-order valence-electron chi connectivity index (χ3n) is 7.53. The van der Waals surface area contributed by atoms with Crippen LogP contribution < -0.4 is 0 Å². The normalized spacial score (nSPS) is 18.1. The molecule has 2 heterocycles. The van der Waals surface area contributed by atoms with Crippen LogP contribution in [0.5, 0.6) is 11.5 Å². The molecule has 1 saturated heterocycles. The summed E-state index contributed by atoms with van der Waals surface area (Å²) in [5.41, 5.74) is -0.633. The van der Waals surface area contributed by atoms with E-state index in [1.807, 2.05) is 13.8 Å². The number of esters is 1. The van der Waals surface area contributed by atoms with E-state index in [9.17, 15) is 29.4 Å². The number of aromatic hydroxyl groups is 2. The molecule has 2 amide bonds. The highest BCUT2D eigenvalue weighted by molar-refractivity contribution is 6.34. The Morgan fingerprint density at radius 1 is 0.872 bits per heavy atom. The summed E-state index contributed by atoms with van der Waals surface area (Å²) in [5.74, 6) is -3.36. The number of rotatable bonds is 2. The van der Waals surface area contributed by atoms with Gasteiger partial charge < -0.3 is 19.8 Å². The number of benzene rings is 3. The maximum atomic E-state index is 13.3. The van der Waals surface area contributed by atoms with Gasteiger partial charge in [0.15, 0.2) is 5.60 Å². The predicted octanol–water partition coefficient (Wildman–Crippen LogP) is 4.73. The molecule has 0 atom stereocenters. The third kappa shape index (κ3) is 3.26. The Morgan fingerprint density at radius 2 is 1.41 bits per heavy atom. The third-order valence-corrected chi connectivity index (χ3v) is 8.30. The summed E-state index contributed by atoms with van der Waals surface area (Å²) >= 11 is 13.3. The summed E-state index contributed by atoms with van der Waals surface area (Å²) in [6.07, 6.45) is -0.126. The molecular formula is C28H19Cl2NO8. The van der Waals surface area contributed by atoms with Gasteiger partial charge in [-0.05, 0) is 41.5 Å². The Bertz CT molecular complexity index is 1600. The molecule has 3 aromatic carbocycles. The SMILES string of the molecule is CC1(C)c2c(ccc(O)c2Cl)C2(OC(=O)c3ccc(C(=O)ON4C(=O)CCC4=O)cc32)c2ccc(O)c(Cl)c21. The zero-order chi connectivity index (χ0) is 28.0. The minimum absolute atomic E-state index is 0.00746. The van der Waals surface area contributed by atoms with Gasteiger partial charge in [0.2, 0.25) is 0 Å². The summed E-state index contributed by atoms with van der Waals surface area (Å²) in [6.45, 7) is 3.62. The second-order valence-electron chi connectivity index (χ2n) is 10.1. The Kier molecular flexibility index (Phi) is 5.31. The second-order valence-corrected chi connectivity index (χ2v) is 10.8. The van der Waals surface area contributed by atoms with Gasteiger partial charge in [0.05, 0.1) is 21.2 Å². The number of halogens is 2. The number of hydroxylamine groups is 2. The zero-order valence-electron chi connectivity index (χ0n) is 20.5. The fraction of sp³-hybridized carbons (Fsp3) is 0.214. The van der Waals surface area contributed by atoms with Crippen molar-refractivity contribution in [2.75, 3.05) is 0 Å². The number of imide groups is 1. The molecule has 1 aliphatic carbocycles. The Morgan fingerprint density at radius 3 is 1.95 bits per heavy atom. The molecule has 0 unspecified atom stereocenters. The van der Waals surface area contributed by atoms with Gasteiger partial charge in [-0.15, -0.1) is 5.06 Å². The van der Waals surface area contributed by atoms with Crippen molar-refractivity contribution in [2.24, 2.45) is 0 Å². The van der Waals surface area contributed by atoms with E-state index < -0.39 is 34.8 Å². The van der Waals surface area contributed by atoms with Crippen LogP contribution in [0.3, 0.4) is 0 Å². The van der Waals surface area contributed by atoms with Crippen molar-refractivity contribution in [1.82, 2.24) is 5.06 Å². The molecule has 3 aliphatic rings. The van der Waals surface area contributed by atoms with Crippen LogP contribution in [-0.2, 0) is 30.2 Å². The van der Waals surface area contributed by atoms with E-state index in [1.54, 1.807) is 12.1 Å². The number of fused-ring (bicyclic) bond motifs is 6. The number of ether oxygens (including phenoxy) is 1. The van der Waals surface area contributed by atoms with Crippen LogP contribution in [0.25, 0.3) is 0 Å². The monoisotopic (exact) mass is 567 g/mol. The minimum atomic E-state index is -1.67. The highest BCUT2D eigenvalue weighted by Crippen LogP contribution is 2.60. The molecule has 3 aromatic rings. The van der Waals surface area contributed by atoms with E-state index in [-0.39, 0.29) is 51.1 Å². The van der Waals surface area contributed by atoms with Crippen LogP contribution in [0, 0.1) is 0 Å². The maximum Gasteiger partial charge on any atom is 0.363 e. The topological polar surface area (TPSA) is 130 Å². The van der Waals surface area contributed by atoms with Gasteiger partial charge in [-0.3, -0.25) is 9.59 Å². The first-order valence-corrected chi connectivity index (χ1v) is 12.7. The van der Waals surface area contributed by atoms with Crippen LogP contribution >= 0.6 is 23.2 Å². The Hall–Kier alpha value is -4.08. The van der Waals surface area contributed by atoms with Gasteiger partial charge in [-0.25, -0.2) is 9.59 Å². The van der Waals surface area contributed by atoms with Gasteiger partial charge in [-0.2, -0.15) is 0 Å². The predicted molar refractivity (Wildman–Crippen MR) is 137 cm³/mol. The zero-order valence-corrected chi connectivity index (χ0v) is 22.0. The number of phenolic OH excluding ortho intramolecular Hbond substituents is 2. The van der Waals surface area contributed by atoms with Crippen molar-refractivity contribution in [3.05, 3.63) is 91.5 Å². The summed E-state index contributed by atoms with van der Waals surface area (Å²) in [4.78, 5) is 55.3. The lowest BCUT2D eigenvalue weighted by molar-refractivity contribution is -0.172. The van der Waals surface area contributed by atoms with E-state index in [4.69, 9.17) is 32.8 Å². The number of hydrogen-bond acceptors (Lipinski definition) is 8. The number of amides is 2. The molecule has 2 N–H and O–H groups in total. The molecule has 0 aromatic heterocycles. The van der Waals surface area contributed by atoms with Crippen LogP contribution in [0.4, 0.5) is 0 Å². The summed E-state index contributed by atoms with van der Waals surface area (Å²) in [6, 6.07) is 10.0. The van der Waals surface area contributed by atoms with Gasteiger partial charge in [0.1, 0.15) is 11.5 Å². The lowest BCUT2D eigenvalue weighted by atomic mass is 9.61. The molecule has 1 fully saturated rings. The van der Waals surface area contributed by atoms with Crippen LogP contribution in [0.15, 0.2) is 42.5 Å². The molecule has 39 heavy (non-hydrogen) atoms. The maximum absolute atomic E-state index is 13.3. The van der Waals surface area contributed by atoms with Crippen molar-refractivity contribution >= 4 is 47.0 Å². The molecule has 6 rings (SSSR count). The molecule has 11 heteroatoms. The average Bonchev–Trinajstić information content (AvgIpc) is 3.37. The molecule has 2 aliphatic heterocycles. The van der Waals surface area contributed by atoms with Crippen LogP contribution in [-0.4, -0.2) is 39.0 Å². The van der Waals surface area contributed by atoms with E-state index in [2.05, 4.69) is 0 Å². The average molecular weight is 568 g/mol. The van der Waals surface area contributed by atoms with Crippen LogP contribution in [0.1, 0.15) is 75.2 Å². The Labute approximate surface area is 231 Å². The first-order chi connectivity index (χ1) is 18.4. The van der Waals surface area contributed by atoms with Crippen LogP contribution in [0.2, 0.25) is 10.0 Å². The second kappa shape index (κ2) is 8.21. The van der Waals surface area contributed by atoms with Gasteiger partial charge in [0.25, 0.3) is 11.8 Å². The lowest BCUT2D eigenvalue weighted by Crippen LogP contribution is -2.41. The molecule has 1 spiro atoms. The molecule has 0 radical (unpaired) electrons. The van der Waals surface area contributed by atoms with Gasteiger partial charge >= 0.3 is 11.9 Å². The quantitative estimate of drug-likeness (QED) is 0.336. The van der Waals surface area contributed by atoms with Gasteiger partial charge in [-0.1, -0.05) is 49.2 Å². The smallest absolute Gasteiger partial charge is 0.363 e. The number of carbonyl (C=O) groups is 4. The summed E-state index contributed by atoms with van der Waals surface area (Å²) in [5, 5.41) is 21.5. The van der Waals surface area contributed by atoms with E-state index in [0.29, 0.717) is 27.3 Å². The molecular weight excluding hydrogens is 549 g/mol. The minimum Gasteiger partial charge on any atom is -0.506 e. The number of hydrogen-bond donors (Lipinski definition) is 2. The van der Waals surface area contributed by atoms with Gasteiger partial charge in [0, 0.05) is 34.9 Å². The highest BCUT2D eigenvalue weighted by Gasteiger charge is 2.57. The van der Waals surface area contributed by atoms with Crippen molar-refractivity contribution in [2.45, 2.75) is 37.7 Å². The Balaban J connectivity index is 1.62. The molecule has 9 nitrogen and oxygen atoms in total.